The summed E-state index contributed by atoms with van der Waals surface area (Å²) in [6.45, 7) is 3.38. The van der Waals surface area contributed by atoms with E-state index in [0.717, 1.165) is 34.4 Å². The first-order valence-corrected chi connectivity index (χ1v) is 9.05. The van der Waals surface area contributed by atoms with Crippen LogP contribution >= 0.6 is 27.3 Å². The molecule has 0 bridgehead atoms. The van der Waals surface area contributed by atoms with Crippen LogP contribution in [0, 0.1) is 5.82 Å². The number of benzene rings is 1. The van der Waals surface area contributed by atoms with Crippen LogP contribution in [0.2, 0.25) is 0 Å². The molecule has 0 unspecified atom stereocenters. The van der Waals surface area contributed by atoms with Crippen molar-refractivity contribution in [3.8, 4) is 0 Å². The summed E-state index contributed by atoms with van der Waals surface area (Å²) in [6.07, 6.45) is 3.82. The van der Waals surface area contributed by atoms with Crippen molar-refractivity contribution in [3.05, 3.63) is 50.1 Å². The molecule has 1 aromatic carbocycles. The summed E-state index contributed by atoms with van der Waals surface area (Å²) < 4.78 is 14.1. The van der Waals surface area contributed by atoms with Gasteiger partial charge in [0.1, 0.15) is 5.82 Å². The molecule has 23 heavy (non-hydrogen) atoms. The van der Waals surface area contributed by atoms with Crippen molar-refractivity contribution in [2.45, 2.75) is 26.3 Å². The normalized spacial score (nSPS) is 11.6. The molecule has 0 amide bonds. The molecule has 0 aliphatic rings. The topological polar surface area (TPSA) is 49.3 Å². The average molecular weight is 399 g/mol. The summed E-state index contributed by atoms with van der Waals surface area (Å²) in [5.41, 5.74) is 0.848. The van der Waals surface area contributed by atoms with Crippen LogP contribution in [-0.4, -0.2) is 24.5 Å². The number of nitrogens with one attached hydrogen (secondary N) is 2. The summed E-state index contributed by atoms with van der Waals surface area (Å²) in [6, 6.07) is 4.64. The van der Waals surface area contributed by atoms with Crippen molar-refractivity contribution in [1.29, 1.82) is 0 Å². The summed E-state index contributed by atoms with van der Waals surface area (Å²) >= 11 is 5.17. The number of aliphatic imine (C=N–C) groups is 1. The minimum absolute atomic E-state index is 0.247. The first-order chi connectivity index (χ1) is 11.1. The molecule has 2 aromatic rings. The number of guanidine groups is 1. The van der Waals surface area contributed by atoms with Crippen LogP contribution in [0.5, 0.6) is 0 Å². The van der Waals surface area contributed by atoms with Crippen molar-refractivity contribution in [3.63, 3.8) is 0 Å². The third-order valence-corrected chi connectivity index (χ3v) is 5.23. The molecule has 7 heteroatoms. The lowest BCUT2D eigenvalue weighted by molar-refractivity contribution is 0.624. The van der Waals surface area contributed by atoms with Gasteiger partial charge in [0.15, 0.2) is 5.96 Å². The molecule has 0 spiro atoms. The van der Waals surface area contributed by atoms with E-state index < -0.39 is 0 Å². The molecular formula is C16H20BrFN4S. The summed E-state index contributed by atoms with van der Waals surface area (Å²) in [7, 11) is 1.72. The zero-order valence-corrected chi connectivity index (χ0v) is 15.6. The van der Waals surface area contributed by atoms with Gasteiger partial charge < -0.3 is 10.6 Å². The Morgan fingerprint density at radius 3 is 2.91 bits per heavy atom. The number of aromatic nitrogens is 1. The van der Waals surface area contributed by atoms with Crippen LogP contribution in [0.3, 0.4) is 0 Å². The highest BCUT2D eigenvalue weighted by Gasteiger charge is 2.05. The van der Waals surface area contributed by atoms with Crippen LogP contribution < -0.4 is 10.6 Å². The quantitative estimate of drug-likeness (QED) is 0.577. The van der Waals surface area contributed by atoms with E-state index in [9.17, 15) is 4.39 Å². The van der Waals surface area contributed by atoms with Crippen molar-refractivity contribution in [2.24, 2.45) is 4.99 Å². The van der Waals surface area contributed by atoms with E-state index in [0.29, 0.717) is 12.5 Å². The number of halogens is 2. The fraction of sp³-hybridized carbons (Fsp3) is 0.375. The van der Waals surface area contributed by atoms with Crippen molar-refractivity contribution in [2.75, 3.05) is 13.6 Å². The Morgan fingerprint density at radius 1 is 1.39 bits per heavy atom. The van der Waals surface area contributed by atoms with E-state index in [-0.39, 0.29) is 5.82 Å². The summed E-state index contributed by atoms with van der Waals surface area (Å²) in [4.78, 5) is 9.88. The van der Waals surface area contributed by atoms with Gasteiger partial charge in [0.05, 0.1) is 5.01 Å². The highest BCUT2D eigenvalue weighted by Crippen LogP contribution is 2.17. The smallest absolute Gasteiger partial charge is 0.191 e. The second-order valence-corrected chi connectivity index (χ2v) is 6.97. The zero-order valence-electron chi connectivity index (χ0n) is 13.2. The van der Waals surface area contributed by atoms with Gasteiger partial charge in [-0.25, -0.2) is 9.37 Å². The maximum absolute atomic E-state index is 13.3. The maximum atomic E-state index is 13.3. The molecule has 0 radical (unpaired) electrons. The van der Waals surface area contributed by atoms with Gasteiger partial charge in [-0.2, -0.15) is 0 Å². The van der Waals surface area contributed by atoms with Gasteiger partial charge in [-0.05, 0) is 30.2 Å². The molecule has 0 aliphatic heterocycles. The van der Waals surface area contributed by atoms with E-state index >= 15 is 0 Å². The molecule has 0 aliphatic carbocycles. The third-order valence-electron chi connectivity index (χ3n) is 3.26. The van der Waals surface area contributed by atoms with Crippen LogP contribution in [0.4, 0.5) is 4.39 Å². The van der Waals surface area contributed by atoms with Crippen molar-refractivity contribution < 1.29 is 4.39 Å². The highest BCUT2D eigenvalue weighted by atomic mass is 79.9. The van der Waals surface area contributed by atoms with Crippen LogP contribution in [0.15, 0.2) is 33.9 Å². The maximum Gasteiger partial charge on any atom is 0.191 e. The zero-order chi connectivity index (χ0) is 16.7. The minimum Gasteiger partial charge on any atom is -0.356 e. The van der Waals surface area contributed by atoms with Crippen LogP contribution in [-0.2, 0) is 19.4 Å². The predicted octanol–water partition coefficient (Wildman–Crippen LogP) is 3.51. The Hall–Kier alpha value is -1.47. The third kappa shape index (κ3) is 5.58. The van der Waals surface area contributed by atoms with Gasteiger partial charge in [-0.1, -0.05) is 22.9 Å². The molecular weight excluding hydrogens is 379 g/mol. The minimum atomic E-state index is -0.247. The molecule has 1 heterocycles. The van der Waals surface area contributed by atoms with Crippen LogP contribution in [0.25, 0.3) is 0 Å². The molecule has 0 atom stereocenters. The van der Waals surface area contributed by atoms with Crippen LogP contribution in [0.1, 0.15) is 22.4 Å². The number of aryl methyl sites for hydroxylation is 1. The lowest BCUT2D eigenvalue weighted by Gasteiger charge is -2.12. The molecule has 2 rings (SSSR count). The number of nitrogens with zero attached hydrogens (tertiary/aromatic N) is 2. The molecule has 1 aromatic heterocycles. The highest BCUT2D eigenvalue weighted by molar-refractivity contribution is 9.10. The second kappa shape index (κ2) is 8.98. The Bertz CT molecular complexity index is 672. The van der Waals surface area contributed by atoms with Crippen molar-refractivity contribution in [1.82, 2.24) is 15.6 Å². The van der Waals surface area contributed by atoms with E-state index in [1.807, 2.05) is 6.20 Å². The first-order valence-electron chi connectivity index (χ1n) is 7.44. The summed E-state index contributed by atoms with van der Waals surface area (Å²) in [5, 5.41) is 7.55. The van der Waals surface area contributed by atoms with E-state index in [1.165, 1.54) is 17.0 Å². The molecule has 0 saturated heterocycles. The summed E-state index contributed by atoms with van der Waals surface area (Å²) in [5.74, 6) is 0.442. The Morgan fingerprint density at radius 2 is 2.22 bits per heavy atom. The monoisotopic (exact) mass is 398 g/mol. The number of rotatable bonds is 6. The predicted molar refractivity (Wildman–Crippen MR) is 97.5 cm³/mol. The SMILES string of the molecule is CCc1cnc(CCNC(=NC)NCc2cc(F)ccc2Br)s1. The largest absolute Gasteiger partial charge is 0.356 e. The lowest BCUT2D eigenvalue weighted by atomic mass is 10.2. The van der Waals surface area contributed by atoms with E-state index in [1.54, 1.807) is 24.5 Å². The Labute approximate surface area is 148 Å². The number of thiazole rings is 1. The molecule has 2 N–H and O–H groups in total. The van der Waals surface area contributed by atoms with Gasteiger partial charge in [0.25, 0.3) is 0 Å². The Kier molecular flexibility index (Phi) is 6.98. The fourth-order valence-electron chi connectivity index (χ4n) is 1.99. The fourth-order valence-corrected chi connectivity index (χ4v) is 3.24. The average Bonchev–Trinajstić information content (AvgIpc) is 3.01. The molecule has 124 valence electrons. The first kappa shape index (κ1) is 17.9. The van der Waals surface area contributed by atoms with Gasteiger partial charge in [-0.15, -0.1) is 11.3 Å². The second-order valence-electron chi connectivity index (χ2n) is 4.91. The van der Waals surface area contributed by atoms with Gasteiger partial charge in [0.2, 0.25) is 0 Å². The van der Waals surface area contributed by atoms with E-state index in [4.69, 9.17) is 0 Å². The number of hydrogen-bond donors (Lipinski definition) is 2. The van der Waals surface area contributed by atoms with Crippen molar-refractivity contribution >= 4 is 33.2 Å². The molecule has 0 saturated carbocycles. The molecule has 4 nitrogen and oxygen atoms in total. The van der Waals surface area contributed by atoms with Gasteiger partial charge in [-0.3, -0.25) is 4.99 Å². The standard InChI is InChI=1S/C16H20BrFN4S/c1-3-13-10-21-15(23-13)6-7-20-16(19-2)22-9-11-8-12(18)4-5-14(11)17/h4-5,8,10H,3,6-7,9H2,1-2H3,(H2,19,20,22). The van der Waals surface area contributed by atoms with Gasteiger partial charge >= 0.3 is 0 Å². The molecule has 0 fully saturated rings. The Balaban J connectivity index is 1.80. The lowest BCUT2D eigenvalue weighted by Crippen LogP contribution is -2.37. The van der Waals surface area contributed by atoms with E-state index in [2.05, 4.69) is 43.5 Å². The number of hydrogen-bond acceptors (Lipinski definition) is 3. The van der Waals surface area contributed by atoms with Gasteiger partial charge in [0, 0.05) is 42.1 Å².